The van der Waals surface area contributed by atoms with Crippen molar-refractivity contribution in [2.24, 2.45) is 10.7 Å². The molecule has 2 aromatic carbocycles. The molecule has 0 fully saturated rings. The molecule has 4 N–H and O–H groups in total. The Morgan fingerprint density at radius 1 is 1.14 bits per heavy atom. The number of nitrogens with zero attached hydrogens (tertiary/aromatic N) is 3. The molecule has 192 valence electrons. The normalized spacial score (nSPS) is 12.8. The van der Waals surface area contributed by atoms with Crippen molar-refractivity contribution in [3.8, 4) is 11.1 Å². The summed E-state index contributed by atoms with van der Waals surface area (Å²) in [7, 11) is 1.53. The van der Waals surface area contributed by atoms with E-state index in [1.165, 1.54) is 11.6 Å². The molecule has 2 heterocycles. The predicted molar refractivity (Wildman–Crippen MR) is 146 cm³/mol. The third kappa shape index (κ3) is 5.62. The van der Waals surface area contributed by atoms with Crippen molar-refractivity contribution < 1.29 is 14.7 Å². The summed E-state index contributed by atoms with van der Waals surface area (Å²) in [4.78, 5) is 43.8. The largest absolute Gasteiger partial charge is 0.395 e. The minimum Gasteiger partial charge on any atom is -0.395 e. The number of hydrogen-bond acceptors (Lipinski definition) is 6. The molecule has 3 aromatic rings. The molecule has 9 nitrogen and oxygen atoms in total. The Labute approximate surface area is 214 Å². The summed E-state index contributed by atoms with van der Waals surface area (Å²) in [6.07, 6.45) is 4.46. The van der Waals surface area contributed by atoms with Gasteiger partial charge in [0.15, 0.2) is 0 Å². The summed E-state index contributed by atoms with van der Waals surface area (Å²) in [5, 5.41) is 13.2. The molecule has 0 saturated carbocycles. The van der Waals surface area contributed by atoms with Crippen LogP contribution >= 0.6 is 0 Å². The van der Waals surface area contributed by atoms with Crippen LogP contribution in [0, 0.1) is 0 Å². The minimum atomic E-state index is -0.242. The number of aliphatic imine (C=N–C) groups is 1. The van der Waals surface area contributed by atoms with E-state index in [-0.39, 0.29) is 43.5 Å². The molecule has 0 saturated heterocycles. The van der Waals surface area contributed by atoms with Crippen LogP contribution in [0.4, 0.5) is 5.69 Å². The maximum atomic E-state index is 13.1. The highest BCUT2D eigenvalue weighted by Crippen LogP contribution is 2.33. The number of aliphatic hydroxyl groups is 1. The van der Waals surface area contributed by atoms with E-state index in [9.17, 15) is 19.5 Å². The number of rotatable bonds is 8. The van der Waals surface area contributed by atoms with Gasteiger partial charge >= 0.3 is 0 Å². The fraction of sp³-hybridized carbons (Fsp3) is 0.286. The van der Waals surface area contributed by atoms with E-state index in [1.807, 2.05) is 49.4 Å². The van der Waals surface area contributed by atoms with Crippen LogP contribution in [0.1, 0.15) is 25.3 Å². The molecule has 2 amide bonds. The minimum absolute atomic E-state index is 0.0362. The molecule has 9 heteroatoms. The lowest BCUT2D eigenvalue weighted by atomic mass is 9.99. The molecule has 1 aromatic heterocycles. The van der Waals surface area contributed by atoms with Crippen LogP contribution in [0.5, 0.6) is 0 Å². The van der Waals surface area contributed by atoms with Gasteiger partial charge in [0.2, 0.25) is 11.8 Å². The SMILES string of the molecule is CCCN(CCO)C(=O)C1=Cc2ccc(-c3ccc4c(=O)n(CC(=O)NC)ccc4c3)cc2N=C(N)C1. The topological polar surface area (TPSA) is 130 Å². The third-order valence-electron chi connectivity index (χ3n) is 6.32. The van der Waals surface area contributed by atoms with Crippen LogP contribution in [0.3, 0.4) is 0 Å². The summed E-state index contributed by atoms with van der Waals surface area (Å²) in [5.74, 6) is -0.0537. The highest BCUT2D eigenvalue weighted by Gasteiger charge is 2.21. The van der Waals surface area contributed by atoms with Gasteiger partial charge in [0, 0.05) is 49.3 Å². The number of amides is 2. The Morgan fingerprint density at radius 2 is 1.89 bits per heavy atom. The highest BCUT2D eigenvalue weighted by molar-refractivity contribution is 6.05. The average Bonchev–Trinajstić information content (AvgIpc) is 3.06. The zero-order valence-electron chi connectivity index (χ0n) is 21.0. The highest BCUT2D eigenvalue weighted by atomic mass is 16.3. The van der Waals surface area contributed by atoms with E-state index < -0.39 is 0 Å². The fourth-order valence-corrected chi connectivity index (χ4v) is 4.44. The maximum absolute atomic E-state index is 13.1. The number of pyridine rings is 1. The Kier molecular flexibility index (Phi) is 7.83. The maximum Gasteiger partial charge on any atom is 0.258 e. The monoisotopic (exact) mass is 501 g/mol. The van der Waals surface area contributed by atoms with E-state index in [1.54, 1.807) is 17.2 Å². The lowest BCUT2D eigenvalue weighted by molar-refractivity contribution is -0.127. The summed E-state index contributed by atoms with van der Waals surface area (Å²) in [6.45, 7) is 2.67. The number of amidine groups is 1. The van der Waals surface area contributed by atoms with E-state index in [0.29, 0.717) is 29.0 Å². The number of nitrogens with two attached hydrogens (primary N) is 1. The van der Waals surface area contributed by atoms with Gasteiger partial charge in [0.25, 0.3) is 5.56 Å². The smallest absolute Gasteiger partial charge is 0.258 e. The van der Waals surface area contributed by atoms with Crippen LogP contribution in [0.15, 0.2) is 64.0 Å². The molecule has 4 rings (SSSR count). The van der Waals surface area contributed by atoms with Crippen molar-refractivity contribution >= 4 is 40.2 Å². The Hall–Kier alpha value is -4.24. The number of likely N-dealkylation sites (N-methyl/N-ethyl adjacent to an activating group) is 1. The summed E-state index contributed by atoms with van der Waals surface area (Å²) in [5.41, 5.74) is 9.72. The first-order chi connectivity index (χ1) is 17.8. The molecule has 1 aliphatic rings. The first kappa shape index (κ1) is 25.8. The molecule has 0 aliphatic carbocycles. The van der Waals surface area contributed by atoms with Gasteiger partial charge in [-0.1, -0.05) is 25.1 Å². The van der Waals surface area contributed by atoms with Crippen LogP contribution in [-0.4, -0.2) is 59.0 Å². The molecule has 0 spiro atoms. The number of benzene rings is 2. The third-order valence-corrected chi connectivity index (χ3v) is 6.32. The Balaban J connectivity index is 1.68. The number of carbonyl (C=O) groups excluding carboxylic acids is 2. The summed E-state index contributed by atoms with van der Waals surface area (Å²) >= 11 is 0. The second kappa shape index (κ2) is 11.2. The molecule has 1 aliphatic heterocycles. The van der Waals surface area contributed by atoms with Gasteiger partial charge in [-0.2, -0.15) is 0 Å². The Bertz CT molecular complexity index is 1470. The van der Waals surface area contributed by atoms with Crippen LogP contribution in [0.2, 0.25) is 0 Å². The summed E-state index contributed by atoms with van der Waals surface area (Å²) in [6, 6.07) is 13.1. The van der Waals surface area contributed by atoms with E-state index in [4.69, 9.17) is 5.73 Å². The second-order valence-corrected chi connectivity index (χ2v) is 8.96. The van der Waals surface area contributed by atoms with Gasteiger partial charge in [0.05, 0.1) is 12.3 Å². The zero-order chi connectivity index (χ0) is 26.5. The number of aromatic nitrogens is 1. The van der Waals surface area contributed by atoms with Crippen molar-refractivity contribution in [2.75, 3.05) is 26.7 Å². The van der Waals surface area contributed by atoms with E-state index in [2.05, 4.69) is 10.3 Å². The lowest BCUT2D eigenvalue weighted by Crippen LogP contribution is -2.36. The second-order valence-electron chi connectivity index (χ2n) is 8.96. The van der Waals surface area contributed by atoms with Crippen molar-refractivity contribution in [3.05, 3.63) is 70.2 Å². The van der Waals surface area contributed by atoms with Gasteiger partial charge in [-0.05, 0) is 53.3 Å². The molecule has 0 radical (unpaired) electrons. The number of hydrogen-bond donors (Lipinski definition) is 3. The van der Waals surface area contributed by atoms with Gasteiger partial charge < -0.3 is 25.6 Å². The van der Waals surface area contributed by atoms with E-state index in [0.717, 1.165) is 28.5 Å². The van der Waals surface area contributed by atoms with Gasteiger partial charge in [0.1, 0.15) is 12.4 Å². The number of aliphatic hydroxyl groups excluding tert-OH is 1. The fourth-order valence-electron chi connectivity index (χ4n) is 4.44. The molecule has 0 bridgehead atoms. The lowest BCUT2D eigenvalue weighted by Gasteiger charge is -2.22. The van der Waals surface area contributed by atoms with Crippen LogP contribution in [-0.2, 0) is 16.1 Å². The predicted octanol–water partition coefficient (Wildman–Crippen LogP) is 2.42. The van der Waals surface area contributed by atoms with Crippen molar-refractivity contribution in [3.63, 3.8) is 0 Å². The summed E-state index contributed by atoms with van der Waals surface area (Å²) < 4.78 is 1.38. The van der Waals surface area contributed by atoms with Crippen LogP contribution in [0.25, 0.3) is 28.0 Å². The first-order valence-corrected chi connectivity index (χ1v) is 12.3. The van der Waals surface area contributed by atoms with E-state index >= 15 is 0 Å². The van der Waals surface area contributed by atoms with Crippen molar-refractivity contribution in [1.29, 1.82) is 0 Å². The number of carbonyl (C=O) groups is 2. The Morgan fingerprint density at radius 3 is 2.62 bits per heavy atom. The number of fused-ring (bicyclic) bond motifs is 2. The van der Waals surface area contributed by atoms with Gasteiger partial charge in [-0.3, -0.25) is 14.4 Å². The zero-order valence-corrected chi connectivity index (χ0v) is 21.0. The average molecular weight is 502 g/mol. The van der Waals surface area contributed by atoms with Crippen LogP contribution < -0.4 is 16.6 Å². The first-order valence-electron chi connectivity index (χ1n) is 12.3. The molecular formula is C28H31N5O4. The molecule has 37 heavy (non-hydrogen) atoms. The van der Waals surface area contributed by atoms with Crippen molar-refractivity contribution in [2.45, 2.75) is 26.3 Å². The molecule has 0 unspecified atom stereocenters. The number of nitrogens with one attached hydrogen (secondary N) is 1. The standard InChI is InChI=1S/C28H31N5O4/c1-3-9-32(11-12-34)27(36)22-14-21-5-4-19(15-24(21)31-25(29)16-22)18-6-7-23-20(13-18)8-10-33(28(23)37)17-26(35)30-2/h4-8,10,13-15,34H,3,9,11-12,16-17H2,1-2H3,(H2,29,31)(H,30,35). The molecular weight excluding hydrogens is 470 g/mol. The van der Waals surface area contributed by atoms with Gasteiger partial charge in [-0.15, -0.1) is 0 Å². The van der Waals surface area contributed by atoms with Crippen molar-refractivity contribution in [1.82, 2.24) is 14.8 Å². The van der Waals surface area contributed by atoms with Gasteiger partial charge in [-0.25, -0.2) is 4.99 Å². The molecule has 0 atom stereocenters. The quantitative estimate of drug-likeness (QED) is 0.436.